The van der Waals surface area contributed by atoms with Crippen LogP contribution >= 0.6 is 0 Å². The number of hydrogen-bond donors (Lipinski definition) is 2. The Bertz CT molecular complexity index is 557. The summed E-state index contributed by atoms with van der Waals surface area (Å²) in [5.41, 5.74) is 0.880. The van der Waals surface area contributed by atoms with Gasteiger partial charge in [0.2, 0.25) is 0 Å². The van der Waals surface area contributed by atoms with Crippen LogP contribution in [0.25, 0.3) is 0 Å². The molecule has 0 saturated carbocycles. The second-order valence-corrected chi connectivity index (χ2v) is 6.85. The van der Waals surface area contributed by atoms with Crippen molar-refractivity contribution in [2.24, 2.45) is 5.92 Å². The zero-order chi connectivity index (χ0) is 14.0. The van der Waals surface area contributed by atoms with E-state index in [0.29, 0.717) is 24.6 Å². The van der Waals surface area contributed by atoms with Gasteiger partial charge >= 0.3 is 10.2 Å². The summed E-state index contributed by atoms with van der Waals surface area (Å²) in [4.78, 5) is 0. The van der Waals surface area contributed by atoms with E-state index in [4.69, 9.17) is 0 Å². The number of benzene rings is 1. The third-order valence-electron chi connectivity index (χ3n) is 3.44. The number of phenols is 1. The molecule has 1 saturated heterocycles. The molecule has 0 aromatic heterocycles. The molecule has 1 atom stereocenters. The summed E-state index contributed by atoms with van der Waals surface area (Å²) in [6.45, 7) is 4.84. The van der Waals surface area contributed by atoms with E-state index in [1.165, 1.54) is 4.31 Å². The van der Waals surface area contributed by atoms with Gasteiger partial charge in [-0.05, 0) is 37.3 Å². The molecule has 1 aromatic carbocycles. The lowest BCUT2D eigenvalue weighted by Gasteiger charge is -2.30. The highest BCUT2D eigenvalue weighted by molar-refractivity contribution is 7.90. The molecule has 106 valence electrons. The third-order valence-corrected chi connectivity index (χ3v) is 4.93. The van der Waals surface area contributed by atoms with Crippen molar-refractivity contribution in [2.75, 3.05) is 17.8 Å². The molecular formula is C13H20N2O3S. The summed E-state index contributed by atoms with van der Waals surface area (Å²) >= 11 is 0. The number of hydrogen-bond acceptors (Lipinski definition) is 3. The number of rotatable bonds is 3. The number of nitrogens with one attached hydrogen (secondary N) is 1. The van der Waals surface area contributed by atoms with Crippen molar-refractivity contribution in [3.8, 4) is 5.75 Å². The average molecular weight is 284 g/mol. The van der Waals surface area contributed by atoms with Crippen molar-refractivity contribution in [1.82, 2.24) is 4.31 Å². The van der Waals surface area contributed by atoms with Gasteiger partial charge in [0.05, 0.1) is 5.69 Å². The SMILES string of the molecule is Cc1cccc(NS(=O)(=O)N2CCCC(C)C2)c1O. The summed E-state index contributed by atoms with van der Waals surface area (Å²) in [6.07, 6.45) is 1.93. The Labute approximate surface area is 114 Å². The number of phenolic OH excluding ortho intramolecular Hbond substituents is 1. The fraction of sp³-hybridized carbons (Fsp3) is 0.538. The molecule has 1 aromatic rings. The predicted molar refractivity (Wildman–Crippen MR) is 75.4 cm³/mol. The van der Waals surface area contributed by atoms with Gasteiger partial charge in [0.25, 0.3) is 0 Å². The average Bonchev–Trinajstić information content (AvgIpc) is 2.35. The van der Waals surface area contributed by atoms with Crippen LogP contribution in [0.15, 0.2) is 18.2 Å². The molecule has 2 rings (SSSR count). The zero-order valence-corrected chi connectivity index (χ0v) is 12.1. The van der Waals surface area contributed by atoms with Gasteiger partial charge < -0.3 is 5.11 Å². The smallest absolute Gasteiger partial charge is 0.301 e. The van der Waals surface area contributed by atoms with E-state index in [1.807, 2.05) is 6.92 Å². The summed E-state index contributed by atoms with van der Waals surface area (Å²) in [5.74, 6) is 0.354. The van der Waals surface area contributed by atoms with Crippen LogP contribution in [0.3, 0.4) is 0 Å². The Morgan fingerprint density at radius 2 is 2.16 bits per heavy atom. The van der Waals surface area contributed by atoms with E-state index in [2.05, 4.69) is 4.72 Å². The van der Waals surface area contributed by atoms with E-state index < -0.39 is 10.2 Å². The van der Waals surface area contributed by atoms with Gasteiger partial charge in [-0.25, -0.2) is 0 Å². The number of aromatic hydroxyl groups is 1. The summed E-state index contributed by atoms with van der Waals surface area (Å²) < 4.78 is 28.4. The highest BCUT2D eigenvalue weighted by Gasteiger charge is 2.27. The van der Waals surface area contributed by atoms with Crippen LogP contribution in [0.4, 0.5) is 5.69 Å². The first-order valence-corrected chi connectivity index (χ1v) is 7.90. The minimum atomic E-state index is -3.59. The van der Waals surface area contributed by atoms with Gasteiger partial charge in [0.15, 0.2) is 0 Å². The molecule has 6 heteroatoms. The molecular weight excluding hydrogens is 264 g/mol. The molecule has 0 bridgehead atoms. The third kappa shape index (κ3) is 3.19. The first-order chi connectivity index (χ1) is 8.90. The van der Waals surface area contributed by atoms with E-state index in [0.717, 1.165) is 12.8 Å². The summed E-state index contributed by atoms with van der Waals surface area (Å²) in [6, 6.07) is 5.01. The molecule has 0 aliphatic carbocycles. The number of aryl methyl sites for hydroxylation is 1. The van der Waals surface area contributed by atoms with E-state index in [-0.39, 0.29) is 11.4 Å². The molecule has 1 heterocycles. The van der Waals surface area contributed by atoms with Crippen LogP contribution < -0.4 is 4.72 Å². The van der Waals surface area contributed by atoms with Crippen LogP contribution in [0.1, 0.15) is 25.3 Å². The lowest BCUT2D eigenvalue weighted by atomic mass is 10.0. The van der Waals surface area contributed by atoms with Crippen molar-refractivity contribution < 1.29 is 13.5 Å². The lowest BCUT2D eigenvalue weighted by Crippen LogP contribution is -2.42. The van der Waals surface area contributed by atoms with Crippen LogP contribution in [0, 0.1) is 12.8 Å². The number of anilines is 1. The standard InChI is InChI=1S/C13H20N2O3S/c1-10-5-4-8-15(9-10)19(17,18)14-12-7-3-6-11(2)13(12)16/h3,6-7,10,14,16H,4-5,8-9H2,1-2H3. The van der Waals surface area contributed by atoms with Crippen LogP contribution in [-0.2, 0) is 10.2 Å². The van der Waals surface area contributed by atoms with E-state index in [9.17, 15) is 13.5 Å². The highest BCUT2D eigenvalue weighted by Crippen LogP contribution is 2.28. The van der Waals surface area contributed by atoms with Gasteiger partial charge in [0, 0.05) is 13.1 Å². The maximum absolute atomic E-state index is 12.3. The van der Waals surface area contributed by atoms with Crippen molar-refractivity contribution in [1.29, 1.82) is 0 Å². The van der Waals surface area contributed by atoms with Crippen molar-refractivity contribution >= 4 is 15.9 Å². The Balaban J connectivity index is 2.19. The molecule has 5 nitrogen and oxygen atoms in total. The van der Waals surface area contributed by atoms with Crippen LogP contribution in [0.2, 0.25) is 0 Å². The molecule has 19 heavy (non-hydrogen) atoms. The predicted octanol–water partition coefficient (Wildman–Crippen LogP) is 2.09. The van der Waals surface area contributed by atoms with Gasteiger partial charge in [0.1, 0.15) is 5.75 Å². The molecule has 2 N–H and O–H groups in total. The molecule has 1 unspecified atom stereocenters. The van der Waals surface area contributed by atoms with Crippen molar-refractivity contribution in [3.05, 3.63) is 23.8 Å². The van der Waals surface area contributed by atoms with Crippen LogP contribution in [0.5, 0.6) is 5.75 Å². The Kier molecular flexibility index (Phi) is 4.01. The van der Waals surface area contributed by atoms with Crippen molar-refractivity contribution in [2.45, 2.75) is 26.7 Å². The fourth-order valence-electron chi connectivity index (χ4n) is 2.31. The fourth-order valence-corrected chi connectivity index (χ4v) is 3.70. The topological polar surface area (TPSA) is 69.6 Å². The monoisotopic (exact) mass is 284 g/mol. The number of nitrogens with zero attached hydrogens (tertiary/aromatic N) is 1. The van der Waals surface area contributed by atoms with Gasteiger partial charge in [-0.15, -0.1) is 0 Å². The van der Waals surface area contributed by atoms with E-state index >= 15 is 0 Å². The normalized spacial score (nSPS) is 21.3. The highest BCUT2D eigenvalue weighted by atomic mass is 32.2. The number of para-hydroxylation sites is 1. The van der Waals surface area contributed by atoms with Crippen molar-refractivity contribution in [3.63, 3.8) is 0 Å². The second-order valence-electron chi connectivity index (χ2n) is 5.18. The summed E-state index contributed by atoms with van der Waals surface area (Å²) in [7, 11) is -3.59. The Hall–Kier alpha value is -1.27. The Morgan fingerprint density at radius 1 is 1.42 bits per heavy atom. The molecule has 0 amide bonds. The first-order valence-electron chi connectivity index (χ1n) is 6.46. The maximum Gasteiger partial charge on any atom is 0.301 e. The van der Waals surface area contributed by atoms with Crippen LogP contribution in [-0.4, -0.2) is 30.9 Å². The molecule has 1 aliphatic rings. The summed E-state index contributed by atoms with van der Waals surface area (Å²) in [5, 5.41) is 9.87. The van der Waals surface area contributed by atoms with Gasteiger partial charge in [-0.1, -0.05) is 19.1 Å². The zero-order valence-electron chi connectivity index (χ0n) is 11.3. The minimum Gasteiger partial charge on any atom is -0.505 e. The first kappa shape index (κ1) is 14.1. The quantitative estimate of drug-likeness (QED) is 0.835. The van der Waals surface area contributed by atoms with E-state index in [1.54, 1.807) is 25.1 Å². The maximum atomic E-state index is 12.3. The minimum absolute atomic E-state index is 0.0175. The lowest BCUT2D eigenvalue weighted by molar-refractivity contribution is 0.282. The second kappa shape index (κ2) is 5.38. The molecule has 0 spiro atoms. The molecule has 1 aliphatic heterocycles. The van der Waals surface area contributed by atoms with Gasteiger partial charge in [-0.3, -0.25) is 4.72 Å². The molecule has 0 radical (unpaired) electrons. The Morgan fingerprint density at radius 3 is 2.84 bits per heavy atom. The largest absolute Gasteiger partial charge is 0.505 e. The van der Waals surface area contributed by atoms with Gasteiger partial charge in [-0.2, -0.15) is 12.7 Å². The molecule has 1 fully saturated rings. The number of piperidine rings is 1.